The van der Waals surface area contributed by atoms with Gasteiger partial charge in [-0.15, -0.1) is 24.8 Å². The van der Waals surface area contributed by atoms with Crippen molar-refractivity contribution in [3.05, 3.63) is 6.33 Å². The van der Waals surface area contributed by atoms with Crippen molar-refractivity contribution in [2.45, 2.75) is 75.7 Å². The molecule has 8 nitrogen and oxygen atoms in total. The maximum Gasteiger partial charge on any atom is 0.407 e. The van der Waals surface area contributed by atoms with Crippen molar-refractivity contribution in [1.29, 1.82) is 0 Å². The van der Waals surface area contributed by atoms with Crippen molar-refractivity contribution in [1.82, 2.24) is 19.5 Å². The number of hydrazine groups is 1. The quantitative estimate of drug-likeness (QED) is 0.438. The first-order valence-corrected chi connectivity index (χ1v) is 10.2. The Balaban J connectivity index is 0.00000171. The fraction of sp³-hybridized carbons (Fsp3) is 0.722. The minimum Gasteiger partial charge on any atom is -0.351 e. The van der Waals surface area contributed by atoms with Gasteiger partial charge in [-0.1, -0.05) is 12.8 Å². The van der Waals surface area contributed by atoms with E-state index in [0.29, 0.717) is 16.2 Å². The van der Waals surface area contributed by atoms with Crippen LogP contribution in [0.4, 0.5) is 24.9 Å². The molecule has 0 saturated heterocycles. The highest BCUT2D eigenvalue weighted by Gasteiger charge is 2.32. The van der Waals surface area contributed by atoms with Crippen LogP contribution in [0, 0.1) is 0 Å². The van der Waals surface area contributed by atoms with Gasteiger partial charge in [-0.3, -0.25) is 5.01 Å². The third-order valence-electron chi connectivity index (χ3n) is 5.85. The van der Waals surface area contributed by atoms with E-state index in [1.165, 1.54) is 0 Å². The summed E-state index contributed by atoms with van der Waals surface area (Å²) in [5.41, 5.74) is 6.78. The molecule has 5 N–H and O–H groups in total. The molecule has 2 aromatic heterocycles. The first kappa shape index (κ1) is 25.7. The van der Waals surface area contributed by atoms with Crippen LogP contribution >= 0.6 is 24.8 Å². The molecule has 0 amide bonds. The predicted octanol–water partition coefficient (Wildman–Crippen LogP) is 3.71. The monoisotopic (exact) mass is 484 g/mol. The van der Waals surface area contributed by atoms with E-state index in [4.69, 9.17) is 11.6 Å². The number of rotatable bonds is 5. The Morgan fingerprint density at radius 3 is 2.32 bits per heavy atom. The van der Waals surface area contributed by atoms with Crippen molar-refractivity contribution in [3.8, 4) is 0 Å². The Morgan fingerprint density at radius 2 is 1.71 bits per heavy atom. The van der Waals surface area contributed by atoms with Crippen molar-refractivity contribution in [2.75, 3.05) is 16.9 Å². The molecule has 0 bridgehead atoms. The summed E-state index contributed by atoms with van der Waals surface area (Å²) in [4.78, 5) is 13.2. The number of aromatic nitrogens is 4. The summed E-state index contributed by atoms with van der Waals surface area (Å²) < 4.78 is 40.8. The van der Waals surface area contributed by atoms with E-state index in [0.717, 1.165) is 51.4 Å². The Morgan fingerprint density at radius 1 is 1.06 bits per heavy atom. The highest BCUT2D eigenvalue weighted by atomic mass is 35.5. The normalized spacial score (nSPS) is 22.1. The lowest BCUT2D eigenvalue weighted by Gasteiger charge is -2.27. The second-order valence-corrected chi connectivity index (χ2v) is 8.13. The number of hydrogen-bond acceptors (Lipinski definition) is 7. The van der Waals surface area contributed by atoms with E-state index in [1.807, 2.05) is 4.57 Å². The fourth-order valence-electron chi connectivity index (χ4n) is 4.33. The average molecular weight is 485 g/mol. The Labute approximate surface area is 191 Å². The number of nitrogens with two attached hydrogens (primary N) is 2. The van der Waals surface area contributed by atoms with Gasteiger partial charge in [0.2, 0.25) is 5.95 Å². The zero-order valence-electron chi connectivity index (χ0n) is 17.0. The second-order valence-electron chi connectivity index (χ2n) is 8.13. The molecular weight excluding hydrogens is 456 g/mol. The van der Waals surface area contributed by atoms with Gasteiger partial charge in [-0.05, 0) is 38.5 Å². The summed E-state index contributed by atoms with van der Waals surface area (Å²) >= 11 is 0. The van der Waals surface area contributed by atoms with E-state index in [1.54, 1.807) is 6.33 Å². The summed E-state index contributed by atoms with van der Waals surface area (Å²) in [6, 6.07) is 0.580. The zero-order chi connectivity index (χ0) is 20.6. The van der Waals surface area contributed by atoms with Crippen LogP contribution in [0.5, 0.6) is 0 Å². The molecule has 2 aromatic rings. The van der Waals surface area contributed by atoms with Gasteiger partial charge in [0, 0.05) is 18.1 Å². The largest absolute Gasteiger partial charge is 0.407 e. The molecular formula is C18H29Cl2F3N8. The van der Waals surface area contributed by atoms with Gasteiger partial charge >= 0.3 is 6.18 Å². The number of nitrogens with one attached hydrogen (secondary N) is 1. The first-order chi connectivity index (χ1) is 13.8. The zero-order valence-corrected chi connectivity index (χ0v) is 18.6. The summed E-state index contributed by atoms with van der Waals surface area (Å²) in [5, 5.41) is 3.89. The SMILES string of the molecule is Cl.Cl.NC1CCC(Nc2nc(N(N)CC(F)(F)F)c3ncn(C4CCCC4)c3n2)CC1. The van der Waals surface area contributed by atoms with Crippen LogP contribution in [-0.2, 0) is 0 Å². The number of halogens is 5. The van der Waals surface area contributed by atoms with Crippen LogP contribution in [0.25, 0.3) is 11.2 Å². The molecule has 0 aliphatic heterocycles. The van der Waals surface area contributed by atoms with Crippen molar-refractivity contribution in [2.24, 2.45) is 11.6 Å². The van der Waals surface area contributed by atoms with E-state index >= 15 is 0 Å². The third-order valence-corrected chi connectivity index (χ3v) is 5.85. The molecule has 0 spiro atoms. The van der Waals surface area contributed by atoms with Crippen molar-refractivity contribution < 1.29 is 13.2 Å². The summed E-state index contributed by atoms with van der Waals surface area (Å²) in [7, 11) is 0. The topological polar surface area (TPSA) is 111 Å². The van der Waals surface area contributed by atoms with E-state index in [2.05, 4.69) is 20.3 Å². The minimum atomic E-state index is -4.45. The molecule has 2 heterocycles. The Kier molecular flexibility index (Phi) is 8.60. The van der Waals surface area contributed by atoms with Crippen LogP contribution in [0.1, 0.15) is 57.4 Å². The maximum absolute atomic E-state index is 12.9. The smallest absolute Gasteiger partial charge is 0.351 e. The van der Waals surface area contributed by atoms with Crippen molar-refractivity contribution >= 4 is 47.7 Å². The molecule has 176 valence electrons. The first-order valence-electron chi connectivity index (χ1n) is 10.2. The number of nitrogens with zero attached hydrogens (tertiary/aromatic N) is 5. The van der Waals surface area contributed by atoms with Crippen LogP contribution < -0.4 is 21.9 Å². The van der Waals surface area contributed by atoms with Gasteiger partial charge in [-0.25, -0.2) is 10.8 Å². The van der Waals surface area contributed by atoms with Gasteiger partial charge in [0.15, 0.2) is 17.0 Å². The minimum absolute atomic E-state index is 0. The van der Waals surface area contributed by atoms with Crippen molar-refractivity contribution in [3.63, 3.8) is 0 Å². The van der Waals surface area contributed by atoms with Gasteiger partial charge in [0.05, 0.1) is 6.33 Å². The highest BCUT2D eigenvalue weighted by molar-refractivity contribution is 5.86. The standard InChI is InChI=1S/C18H27F3N8.2ClH/c19-18(20,21)9-29(23)16-14-15(28(10-24-14)13-3-1-2-4-13)26-17(27-16)25-12-7-5-11(22)6-8-12;;/h10-13H,1-9,22-23H2,(H,25,26,27);2*1H. The summed E-state index contributed by atoms with van der Waals surface area (Å²) in [6.45, 7) is -1.31. The van der Waals surface area contributed by atoms with Gasteiger partial charge < -0.3 is 15.6 Å². The van der Waals surface area contributed by atoms with E-state index in [9.17, 15) is 13.2 Å². The lowest BCUT2D eigenvalue weighted by molar-refractivity contribution is -0.119. The maximum atomic E-state index is 12.9. The Bertz CT molecular complexity index is 848. The van der Waals surface area contributed by atoms with Crippen LogP contribution in [0.2, 0.25) is 0 Å². The molecule has 0 aromatic carbocycles. The number of imidazole rings is 1. The summed E-state index contributed by atoms with van der Waals surface area (Å²) in [6.07, 6.45) is 4.96. The molecule has 0 unspecified atom stereocenters. The lowest BCUT2D eigenvalue weighted by atomic mass is 9.92. The van der Waals surface area contributed by atoms with Gasteiger partial charge in [-0.2, -0.15) is 23.1 Å². The number of alkyl halides is 3. The molecule has 2 saturated carbocycles. The van der Waals surface area contributed by atoms with Gasteiger partial charge in [0.25, 0.3) is 0 Å². The highest BCUT2D eigenvalue weighted by Crippen LogP contribution is 2.34. The van der Waals surface area contributed by atoms with E-state index in [-0.39, 0.29) is 54.7 Å². The third kappa shape index (κ3) is 6.03. The lowest BCUT2D eigenvalue weighted by Crippen LogP contribution is -2.40. The molecule has 0 atom stereocenters. The second kappa shape index (κ2) is 10.4. The predicted molar refractivity (Wildman–Crippen MR) is 119 cm³/mol. The number of fused-ring (bicyclic) bond motifs is 1. The molecule has 4 rings (SSSR count). The van der Waals surface area contributed by atoms with E-state index < -0.39 is 12.7 Å². The fourth-order valence-corrected chi connectivity index (χ4v) is 4.33. The molecule has 13 heteroatoms. The molecule has 2 fully saturated rings. The molecule has 2 aliphatic carbocycles. The number of anilines is 2. The van der Waals surface area contributed by atoms with Crippen LogP contribution in [0.15, 0.2) is 6.33 Å². The van der Waals surface area contributed by atoms with Gasteiger partial charge in [0.1, 0.15) is 6.54 Å². The summed E-state index contributed by atoms with van der Waals surface area (Å²) in [5.74, 6) is 6.03. The van der Waals surface area contributed by atoms with Crippen LogP contribution in [-0.4, -0.2) is 44.3 Å². The number of hydrogen-bond donors (Lipinski definition) is 3. The van der Waals surface area contributed by atoms with Crippen LogP contribution in [0.3, 0.4) is 0 Å². The Hall–Kier alpha value is -1.56. The molecule has 31 heavy (non-hydrogen) atoms. The molecule has 0 radical (unpaired) electrons. The average Bonchev–Trinajstić information content (AvgIpc) is 3.30. The molecule has 2 aliphatic rings.